The number of pyridine rings is 1. The first-order valence-electron chi connectivity index (χ1n) is 7.10. The molecule has 0 spiro atoms. The molecule has 0 radical (unpaired) electrons. The van der Waals surface area contributed by atoms with Crippen LogP contribution in [0.4, 0.5) is 0 Å². The van der Waals surface area contributed by atoms with Gasteiger partial charge in [-0.1, -0.05) is 26.3 Å². The average molecular weight is 245 g/mol. The number of Topliss-reactive ketones (excluding diaryl/α,β-unsaturated/α-hetero) is 1. The van der Waals surface area contributed by atoms with Crippen LogP contribution in [0.3, 0.4) is 0 Å². The van der Waals surface area contributed by atoms with Crippen molar-refractivity contribution in [3.63, 3.8) is 0 Å². The summed E-state index contributed by atoms with van der Waals surface area (Å²) in [6, 6.07) is 5.96. The Morgan fingerprint density at radius 3 is 2.78 bits per heavy atom. The van der Waals surface area contributed by atoms with Gasteiger partial charge >= 0.3 is 0 Å². The van der Waals surface area contributed by atoms with E-state index in [1.165, 1.54) is 0 Å². The quantitative estimate of drug-likeness (QED) is 0.805. The van der Waals surface area contributed by atoms with Crippen molar-refractivity contribution in [3.05, 3.63) is 30.1 Å². The van der Waals surface area contributed by atoms with Gasteiger partial charge in [0.25, 0.3) is 0 Å². The van der Waals surface area contributed by atoms with Crippen molar-refractivity contribution < 1.29 is 4.79 Å². The molecule has 1 heterocycles. The Hall–Kier alpha value is -1.18. The Morgan fingerprint density at radius 2 is 2.17 bits per heavy atom. The van der Waals surface area contributed by atoms with Gasteiger partial charge in [0.1, 0.15) is 5.78 Å². The van der Waals surface area contributed by atoms with E-state index in [4.69, 9.17) is 0 Å². The van der Waals surface area contributed by atoms with Crippen LogP contribution in [0.2, 0.25) is 0 Å². The third-order valence-corrected chi connectivity index (χ3v) is 4.09. The Kier molecular flexibility index (Phi) is 4.15. The van der Waals surface area contributed by atoms with Gasteiger partial charge in [-0.3, -0.25) is 9.78 Å². The minimum atomic E-state index is -0.288. The van der Waals surface area contributed by atoms with Gasteiger partial charge in [-0.05, 0) is 43.7 Å². The Morgan fingerprint density at radius 1 is 1.33 bits per heavy atom. The van der Waals surface area contributed by atoms with E-state index in [1.54, 1.807) is 0 Å². The van der Waals surface area contributed by atoms with Crippen LogP contribution in [0.15, 0.2) is 24.4 Å². The Balaban J connectivity index is 2.30. The van der Waals surface area contributed by atoms with Gasteiger partial charge in [-0.15, -0.1) is 0 Å². The summed E-state index contributed by atoms with van der Waals surface area (Å²) in [6.07, 6.45) is 7.79. The third kappa shape index (κ3) is 2.63. The van der Waals surface area contributed by atoms with Crippen molar-refractivity contribution in [2.24, 2.45) is 5.92 Å². The second-order valence-corrected chi connectivity index (χ2v) is 5.86. The van der Waals surface area contributed by atoms with Crippen molar-refractivity contribution in [2.75, 3.05) is 0 Å². The van der Waals surface area contributed by atoms with Crippen molar-refractivity contribution in [1.29, 1.82) is 0 Å². The molecule has 0 aromatic carbocycles. The molecule has 0 amide bonds. The van der Waals surface area contributed by atoms with E-state index in [-0.39, 0.29) is 5.41 Å². The summed E-state index contributed by atoms with van der Waals surface area (Å²) in [6.45, 7) is 4.44. The van der Waals surface area contributed by atoms with E-state index in [9.17, 15) is 4.79 Å². The van der Waals surface area contributed by atoms with Crippen LogP contribution in [0, 0.1) is 5.92 Å². The number of hydrogen-bond donors (Lipinski definition) is 0. The summed E-state index contributed by atoms with van der Waals surface area (Å²) in [7, 11) is 0. The van der Waals surface area contributed by atoms with E-state index >= 15 is 0 Å². The van der Waals surface area contributed by atoms with Crippen LogP contribution < -0.4 is 0 Å². The predicted octanol–water partition coefficient (Wildman–Crippen LogP) is 3.90. The molecule has 2 nitrogen and oxygen atoms in total. The highest BCUT2D eigenvalue weighted by Crippen LogP contribution is 2.40. The summed E-state index contributed by atoms with van der Waals surface area (Å²) in [4.78, 5) is 17.0. The van der Waals surface area contributed by atoms with E-state index in [0.29, 0.717) is 11.7 Å². The van der Waals surface area contributed by atoms with Gasteiger partial charge in [-0.25, -0.2) is 0 Å². The molecule has 1 atom stereocenters. The Labute approximate surface area is 110 Å². The molecule has 1 aliphatic carbocycles. The van der Waals surface area contributed by atoms with Crippen LogP contribution in [0.25, 0.3) is 0 Å². The maximum atomic E-state index is 12.5. The second kappa shape index (κ2) is 5.64. The molecule has 1 saturated carbocycles. The fourth-order valence-corrected chi connectivity index (χ4v) is 2.94. The van der Waals surface area contributed by atoms with Gasteiger partial charge < -0.3 is 0 Å². The first kappa shape index (κ1) is 13.3. The normalized spacial score (nSPS) is 24.5. The highest BCUT2D eigenvalue weighted by atomic mass is 16.1. The van der Waals surface area contributed by atoms with Gasteiger partial charge in [0.2, 0.25) is 0 Å². The number of hydrogen-bond acceptors (Lipinski definition) is 2. The molecule has 98 valence electrons. The number of nitrogens with zero attached hydrogens (tertiary/aromatic N) is 1. The highest BCUT2D eigenvalue weighted by molar-refractivity contribution is 5.90. The molecule has 2 rings (SSSR count). The topological polar surface area (TPSA) is 30.0 Å². The van der Waals surface area contributed by atoms with E-state index in [1.807, 2.05) is 24.4 Å². The fraction of sp³-hybridized carbons (Fsp3) is 0.625. The summed E-state index contributed by atoms with van der Waals surface area (Å²) in [5.41, 5.74) is 0.708. The molecule has 0 bridgehead atoms. The number of carbonyl (C=O) groups excluding carboxylic acids is 1. The maximum Gasteiger partial charge on any atom is 0.144 e. The van der Waals surface area contributed by atoms with Crippen LogP contribution >= 0.6 is 0 Å². The molecule has 1 unspecified atom stereocenters. The van der Waals surface area contributed by atoms with Crippen LogP contribution in [-0.4, -0.2) is 10.8 Å². The van der Waals surface area contributed by atoms with Gasteiger partial charge in [-0.2, -0.15) is 0 Å². The smallest absolute Gasteiger partial charge is 0.144 e. The van der Waals surface area contributed by atoms with Crippen molar-refractivity contribution in [3.8, 4) is 0 Å². The zero-order valence-electron chi connectivity index (χ0n) is 11.5. The van der Waals surface area contributed by atoms with Gasteiger partial charge in [0.05, 0.1) is 11.1 Å². The van der Waals surface area contributed by atoms with Crippen LogP contribution in [0.5, 0.6) is 0 Å². The number of aromatic nitrogens is 1. The molecule has 0 N–H and O–H groups in total. The Bertz CT molecular complexity index is 399. The lowest BCUT2D eigenvalue weighted by Gasteiger charge is -2.35. The number of carbonyl (C=O) groups is 1. The largest absolute Gasteiger partial charge is 0.299 e. The number of ketones is 1. The predicted molar refractivity (Wildman–Crippen MR) is 73.5 cm³/mol. The molecule has 18 heavy (non-hydrogen) atoms. The molecular weight excluding hydrogens is 222 g/mol. The number of rotatable bonds is 4. The van der Waals surface area contributed by atoms with Crippen LogP contribution in [0.1, 0.15) is 58.1 Å². The molecular formula is C16H23NO. The molecule has 1 fully saturated rings. The maximum absolute atomic E-state index is 12.5. The van der Waals surface area contributed by atoms with Crippen LogP contribution in [-0.2, 0) is 10.2 Å². The first-order valence-corrected chi connectivity index (χ1v) is 7.10. The molecule has 1 aromatic heterocycles. The molecule has 2 heteroatoms. The zero-order chi connectivity index (χ0) is 13.0. The third-order valence-electron chi connectivity index (χ3n) is 4.09. The lowest BCUT2D eigenvalue weighted by molar-refractivity contribution is -0.127. The summed E-state index contributed by atoms with van der Waals surface area (Å²) in [5, 5.41) is 0. The molecule has 1 aliphatic rings. The fourth-order valence-electron chi connectivity index (χ4n) is 2.94. The summed E-state index contributed by atoms with van der Waals surface area (Å²) in [5.74, 6) is 1.05. The van der Waals surface area contributed by atoms with Crippen molar-refractivity contribution >= 4 is 5.78 Å². The SMILES string of the molecule is CC(C)CCC1(c2ccccn2)CCCCC1=O. The average Bonchev–Trinajstić information content (AvgIpc) is 2.39. The lowest BCUT2D eigenvalue weighted by atomic mass is 9.67. The van der Waals surface area contributed by atoms with E-state index in [2.05, 4.69) is 18.8 Å². The minimum Gasteiger partial charge on any atom is -0.299 e. The lowest BCUT2D eigenvalue weighted by Crippen LogP contribution is -2.39. The van der Waals surface area contributed by atoms with E-state index < -0.39 is 0 Å². The standard InChI is InChI=1S/C16H23NO/c1-13(2)9-11-16(10-5-3-8-15(16)18)14-7-4-6-12-17-14/h4,6-7,12-13H,3,5,8-11H2,1-2H3. The summed E-state index contributed by atoms with van der Waals surface area (Å²) < 4.78 is 0. The zero-order valence-corrected chi connectivity index (χ0v) is 11.5. The first-order chi connectivity index (χ1) is 8.65. The molecule has 0 aliphatic heterocycles. The monoisotopic (exact) mass is 245 g/mol. The molecule has 1 aromatic rings. The van der Waals surface area contributed by atoms with Gasteiger partial charge in [0, 0.05) is 12.6 Å². The highest BCUT2D eigenvalue weighted by Gasteiger charge is 2.41. The summed E-state index contributed by atoms with van der Waals surface area (Å²) >= 11 is 0. The molecule has 0 saturated heterocycles. The van der Waals surface area contributed by atoms with Gasteiger partial charge in [0.15, 0.2) is 0 Å². The van der Waals surface area contributed by atoms with E-state index in [0.717, 1.165) is 44.2 Å². The second-order valence-electron chi connectivity index (χ2n) is 5.86. The van der Waals surface area contributed by atoms with Crippen molar-refractivity contribution in [1.82, 2.24) is 4.98 Å². The minimum absolute atomic E-state index is 0.288. The van der Waals surface area contributed by atoms with Crippen molar-refractivity contribution in [2.45, 2.75) is 57.8 Å².